The van der Waals surface area contributed by atoms with Crippen molar-refractivity contribution in [3.63, 3.8) is 0 Å². The number of aliphatic carboxylic acids is 1. The minimum absolute atomic E-state index is 0.146. The van der Waals surface area contributed by atoms with E-state index in [1.165, 1.54) is 21.8 Å². The van der Waals surface area contributed by atoms with Gasteiger partial charge < -0.3 is 5.11 Å². The maximum Gasteiger partial charge on any atom is 0.320 e. The minimum Gasteiger partial charge on any atom is -0.480 e. The maximum absolute atomic E-state index is 11.7. The Hall–Kier alpha value is -1.73. The number of carboxylic acid groups (broad SMARTS) is 1. The van der Waals surface area contributed by atoms with E-state index < -0.39 is 12.0 Å². The predicted molar refractivity (Wildman–Crippen MR) is 67.9 cm³/mol. The Bertz CT molecular complexity index is 634. The Balaban J connectivity index is 2.27. The molecule has 0 saturated heterocycles. The Morgan fingerprint density at radius 2 is 2.39 bits per heavy atom. The first kappa shape index (κ1) is 12.7. The number of aromatic nitrogens is 2. The molecule has 0 spiro atoms. The number of hydrogen-bond acceptors (Lipinski definition) is 5. The summed E-state index contributed by atoms with van der Waals surface area (Å²) in [5.74, 6) is -0.897. The first-order valence-electron chi connectivity index (χ1n) is 5.38. The Morgan fingerprint density at radius 1 is 1.67 bits per heavy atom. The van der Waals surface area contributed by atoms with Crippen LogP contribution in [0.3, 0.4) is 0 Å². The fraction of sp³-hybridized carbons (Fsp3) is 0.364. The quantitative estimate of drug-likeness (QED) is 0.881. The maximum atomic E-state index is 11.7. The SMILES string of the molecule is CC(C(=O)O)N(C)Cc1cc(=O)n2ccsc2n1. The first-order chi connectivity index (χ1) is 8.49. The van der Waals surface area contributed by atoms with Crippen molar-refractivity contribution in [1.82, 2.24) is 14.3 Å². The average molecular weight is 267 g/mol. The summed E-state index contributed by atoms with van der Waals surface area (Å²) in [5, 5.41) is 10.7. The van der Waals surface area contributed by atoms with E-state index in [1.807, 2.05) is 0 Å². The van der Waals surface area contributed by atoms with Crippen LogP contribution in [0.5, 0.6) is 0 Å². The van der Waals surface area contributed by atoms with Crippen molar-refractivity contribution in [2.45, 2.75) is 19.5 Å². The zero-order valence-electron chi connectivity index (χ0n) is 10.0. The van der Waals surface area contributed by atoms with E-state index in [9.17, 15) is 9.59 Å². The van der Waals surface area contributed by atoms with Crippen LogP contribution in [-0.2, 0) is 11.3 Å². The third-order valence-electron chi connectivity index (χ3n) is 2.79. The Morgan fingerprint density at radius 3 is 3.06 bits per heavy atom. The van der Waals surface area contributed by atoms with Crippen molar-refractivity contribution >= 4 is 22.3 Å². The molecule has 0 aliphatic heterocycles. The van der Waals surface area contributed by atoms with Gasteiger partial charge in [0.2, 0.25) is 0 Å². The van der Waals surface area contributed by atoms with Gasteiger partial charge in [-0.3, -0.25) is 18.9 Å². The monoisotopic (exact) mass is 267 g/mol. The molecule has 2 heterocycles. The number of nitrogens with zero attached hydrogens (tertiary/aromatic N) is 3. The third-order valence-corrected chi connectivity index (χ3v) is 3.54. The molecule has 96 valence electrons. The third kappa shape index (κ3) is 2.41. The van der Waals surface area contributed by atoms with Crippen LogP contribution in [0.4, 0.5) is 0 Å². The average Bonchev–Trinajstić information content (AvgIpc) is 2.76. The van der Waals surface area contributed by atoms with Crippen LogP contribution in [0.2, 0.25) is 0 Å². The molecule has 2 aromatic rings. The highest BCUT2D eigenvalue weighted by atomic mass is 32.1. The highest BCUT2D eigenvalue weighted by Gasteiger charge is 2.17. The second kappa shape index (κ2) is 4.87. The van der Waals surface area contributed by atoms with Gasteiger partial charge in [0.1, 0.15) is 6.04 Å². The summed E-state index contributed by atoms with van der Waals surface area (Å²) >= 11 is 1.37. The van der Waals surface area contributed by atoms with Crippen LogP contribution in [0.25, 0.3) is 4.96 Å². The summed E-state index contributed by atoms with van der Waals surface area (Å²) in [4.78, 5) is 29.2. The standard InChI is InChI=1S/C11H13N3O3S/c1-7(10(16)17)13(2)6-8-5-9(15)14-3-4-18-11(14)12-8/h3-5,7H,6H2,1-2H3,(H,16,17). The minimum atomic E-state index is -0.897. The summed E-state index contributed by atoms with van der Waals surface area (Å²) in [5.41, 5.74) is 0.436. The van der Waals surface area contributed by atoms with Gasteiger partial charge in [-0.25, -0.2) is 4.98 Å². The van der Waals surface area contributed by atoms with Gasteiger partial charge in [-0.1, -0.05) is 0 Å². The fourth-order valence-corrected chi connectivity index (χ4v) is 2.29. The van der Waals surface area contributed by atoms with Gasteiger partial charge in [-0.05, 0) is 14.0 Å². The van der Waals surface area contributed by atoms with Crippen molar-refractivity contribution in [3.8, 4) is 0 Å². The van der Waals surface area contributed by atoms with Gasteiger partial charge in [0.15, 0.2) is 4.96 Å². The normalized spacial score (nSPS) is 13.1. The van der Waals surface area contributed by atoms with Crippen LogP contribution in [0.15, 0.2) is 22.4 Å². The van der Waals surface area contributed by atoms with Crippen molar-refractivity contribution in [2.24, 2.45) is 0 Å². The zero-order chi connectivity index (χ0) is 13.3. The van der Waals surface area contributed by atoms with Gasteiger partial charge in [0.25, 0.3) is 5.56 Å². The Labute approximate surface area is 107 Å². The largest absolute Gasteiger partial charge is 0.480 e. The molecule has 2 aromatic heterocycles. The fourth-order valence-electron chi connectivity index (χ4n) is 1.55. The van der Waals surface area contributed by atoms with Crippen LogP contribution < -0.4 is 5.56 Å². The van der Waals surface area contributed by atoms with Gasteiger partial charge in [-0.2, -0.15) is 0 Å². The summed E-state index contributed by atoms with van der Waals surface area (Å²) < 4.78 is 1.47. The lowest BCUT2D eigenvalue weighted by molar-refractivity contribution is -0.142. The van der Waals surface area contributed by atoms with Crippen molar-refractivity contribution in [3.05, 3.63) is 33.7 Å². The highest BCUT2D eigenvalue weighted by Crippen LogP contribution is 2.08. The summed E-state index contributed by atoms with van der Waals surface area (Å²) in [7, 11) is 1.69. The highest BCUT2D eigenvalue weighted by molar-refractivity contribution is 7.15. The molecule has 0 saturated carbocycles. The summed E-state index contributed by atoms with van der Waals surface area (Å²) in [6, 6.07) is 0.818. The molecule has 0 aliphatic rings. The lowest BCUT2D eigenvalue weighted by Crippen LogP contribution is -2.35. The molecule has 0 aliphatic carbocycles. The summed E-state index contributed by atoms with van der Waals surface area (Å²) in [6.45, 7) is 1.93. The van der Waals surface area contributed by atoms with Crippen LogP contribution >= 0.6 is 11.3 Å². The molecule has 1 N–H and O–H groups in total. The molecule has 0 bridgehead atoms. The van der Waals surface area contributed by atoms with Gasteiger partial charge in [0, 0.05) is 24.2 Å². The predicted octanol–water partition coefficient (Wildman–Crippen LogP) is 0.661. The molecular weight excluding hydrogens is 254 g/mol. The lowest BCUT2D eigenvalue weighted by atomic mass is 10.3. The second-order valence-electron chi connectivity index (χ2n) is 4.07. The van der Waals surface area contributed by atoms with Gasteiger partial charge >= 0.3 is 5.97 Å². The summed E-state index contributed by atoms with van der Waals surface area (Å²) in [6.07, 6.45) is 1.67. The zero-order valence-corrected chi connectivity index (χ0v) is 10.8. The number of carbonyl (C=O) groups is 1. The van der Waals surface area contributed by atoms with E-state index in [4.69, 9.17) is 5.11 Å². The number of hydrogen-bond donors (Lipinski definition) is 1. The van der Waals surface area contributed by atoms with Crippen LogP contribution in [0, 0.1) is 0 Å². The smallest absolute Gasteiger partial charge is 0.320 e. The van der Waals surface area contributed by atoms with E-state index in [1.54, 1.807) is 30.4 Å². The Kier molecular flexibility index (Phi) is 3.44. The van der Waals surface area contributed by atoms with Crippen molar-refractivity contribution < 1.29 is 9.90 Å². The van der Waals surface area contributed by atoms with Crippen molar-refractivity contribution in [2.75, 3.05) is 7.05 Å². The van der Waals surface area contributed by atoms with Crippen LogP contribution in [-0.4, -0.2) is 38.4 Å². The van der Waals surface area contributed by atoms with E-state index >= 15 is 0 Å². The van der Waals surface area contributed by atoms with Gasteiger partial charge in [-0.15, -0.1) is 11.3 Å². The molecular formula is C11H13N3O3S. The molecule has 1 atom stereocenters. The van der Waals surface area contributed by atoms with E-state index in [-0.39, 0.29) is 5.56 Å². The topological polar surface area (TPSA) is 74.9 Å². The van der Waals surface area contributed by atoms with E-state index in [2.05, 4.69) is 4.98 Å². The molecule has 18 heavy (non-hydrogen) atoms. The first-order valence-corrected chi connectivity index (χ1v) is 6.26. The van der Waals surface area contributed by atoms with Crippen LogP contribution in [0.1, 0.15) is 12.6 Å². The van der Waals surface area contributed by atoms with Gasteiger partial charge in [0.05, 0.1) is 5.69 Å². The number of thiazole rings is 1. The number of rotatable bonds is 4. The molecule has 0 fully saturated rings. The molecule has 0 aromatic carbocycles. The molecule has 0 radical (unpaired) electrons. The van der Waals surface area contributed by atoms with Crippen molar-refractivity contribution in [1.29, 1.82) is 0 Å². The van der Waals surface area contributed by atoms with E-state index in [0.29, 0.717) is 17.2 Å². The molecule has 2 rings (SSSR count). The molecule has 0 amide bonds. The lowest BCUT2D eigenvalue weighted by Gasteiger charge is -2.20. The number of carboxylic acids is 1. The second-order valence-corrected chi connectivity index (χ2v) is 4.94. The molecule has 7 heteroatoms. The molecule has 6 nitrogen and oxygen atoms in total. The molecule has 1 unspecified atom stereocenters. The van der Waals surface area contributed by atoms with E-state index in [0.717, 1.165) is 0 Å². The number of likely N-dealkylation sites (N-methyl/N-ethyl adjacent to an activating group) is 1. The number of fused-ring (bicyclic) bond motifs is 1.